The number of imidazole rings is 1. The molecule has 1 aliphatic carbocycles. The third-order valence-electron chi connectivity index (χ3n) is 8.85. The lowest BCUT2D eigenvalue weighted by Gasteiger charge is -2.41. The van der Waals surface area contributed by atoms with Gasteiger partial charge >= 0.3 is 6.09 Å². The van der Waals surface area contributed by atoms with Crippen molar-refractivity contribution in [3.05, 3.63) is 78.2 Å². The third kappa shape index (κ3) is 8.56. The minimum atomic E-state index is -0.597. The molecule has 2 aliphatic rings. The van der Waals surface area contributed by atoms with Gasteiger partial charge in [0, 0.05) is 45.5 Å². The smallest absolute Gasteiger partial charge is 0.410 e. The zero-order valence-electron chi connectivity index (χ0n) is 27.9. The summed E-state index contributed by atoms with van der Waals surface area (Å²) in [4.78, 5) is 36.3. The van der Waals surface area contributed by atoms with Crippen molar-refractivity contribution in [2.45, 2.75) is 89.5 Å². The van der Waals surface area contributed by atoms with Gasteiger partial charge in [-0.25, -0.2) is 9.78 Å². The predicted octanol–water partition coefficient (Wildman–Crippen LogP) is 6.78. The van der Waals surface area contributed by atoms with Crippen LogP contribution >= 0.6 is 0 Å². The molecule has 0 radical (unpaired) electrons. The third-order valence-corrected chi connectivity index (χ3v) is 8.85. The van der Waals surface area contributed by atoms with Crippen molar-refractivity contribution in [3.63, 3.8) is 0 Å². The van der Waals surface area contributed by atoms with Crippen LogP contribution in [0.25, 0.3) is 11.3 Å². The molecule has 0 N–H and O–H groups in total. The van der Waals surface area contributed by atoms with E-state index in [-0.39, 0.29) is 30.2 Å². The summed E-state index contributed by atoms with van der Waals surface area (Å²) in [5.74, 6) is -0.117. The van der Waals surface area contributed by atoms with Gasteiger partial charge in [0.15, 0.2) is 5.69 Å². The molecule has 3 atom stereocenters. The number of carbonyl (C=O) groups excluding carboxylic acids is 2. The lowest BCUT2D eigenvalue weighted by Crippen LogP contribution is -2.58. The number of carbonyl (C=O) groups is 2. The standard InChI is InChI=1S/C37H50N4O5/c1-37(2,3)46-36(43)39-21-22-40(30(26-39)25-28-15-8-5-9-16-28)35(42)33-34(29-17-10-6-11-18-29)41(27-38-33)31-19-12-7-13-20-32(31)45-24-14-23-44-4/h5-6,8-11,15-18,27,30-32H,7,12-14,19-26H2,1-4H3/t30-,31?,32+/m1/s1. The Labute approximate surface area is 273 Å². The molecule has 0 bridgehead atoms. The molecule has 2 aromatic carbocycles. The Kier molecular flexibility index (Phi) is 11.5. The Hall–Kier alpha value is -3.69. The Balaban J connectivity index is 1.48. The van der Waals surface area contributed by atoms with Gasteiger partial charge in [0.1, 0.15) is 5.60 Å². The molecule has 2 amide bonds. The van der Waals surface area contributed by atoms with Gasteiger partial charge in [-0.05, 0) is 52.0 Å². The monoisotopic (exact) mass is 630 g/mol. The highest BCUT2D eigenvalue weighted by Gasteiger charge is 2.38. The van der Waals surface area contributed by atoms with Crippen LogP contribution in [0.15, 0.2) is 67.0 Å². The summed E-state index contributed by atoms with van der Waals surface area (Å²) in [5.41, 5.74) is 2.74. The van der Waals surface area contributed by atoms with E-state index in [0.717, 1.165) is 48.9 Å². The Morgan fingerprint density at radius 2 is 1.63 bits per heavy atom. The first-order valence-corrected chi connectivity index (χ1v) is 16.8. The molecule has 3 aromatic rings. The summed E-state index contributed by atoms with van der Waals surface area (Å²) in [6, 6.07) is 20.1. The van der Waals surface area contributed by atoms with Crippen molar-refractivity contribution in [1.82, 2.24) is 19.4 Å². The van der Waals surface area contributed by atoms with E-state index in [1.165, 1.54) is 6.42 Å². The van der Waals surface area contributed by atoms with Crippen LogP contribution in [0.2, 0.25) is 0 Å². The van der Waals surface area contributed by atoms with E-state index in [4.69, 9.17) is 19.2 Å². The largest absolute Gasteiger partial charge is 0.444 e. The summed E-state index contributed by atoms with van der Waals surface area (Å²) in [5, 5.41) is 0. The van der Waals surface area contributed by atoms with Gasteiger partial charge < -0.3 is 28.6 Å². The maximum absolute atomic E-state index is 14.7. The molecule has 46 heavy (non-hydrogen) atoms. The van der Waals surface area contributed by atoms with Crippen LogP contribution in [-0.2, 0) is 20.6 Å². The van der Waals surface area contributed by atoms with E-state index in [9.17, 15) is 9.59 Å². The van der Waals surface area contributed by atoms with Crippen LogP contribution in [0.3, 0.4) is 0 Å². The summed E-state index contributed by atoms with van der Waals surface area (Å²) < 4.78 is 19.7. The number of ether oxygens (including phenoxy) is 3. The number of piperazine rings is 1. The first-order chi connectivity index (χ1) is 22.2. The first-order valence-electron chi connectivity index (χ1n) is 16.8. The van der Waals surface area contributed by atoms with E-state index >= 15 is 0 Å². The van der Waals surface area contributed by atoms with Crippen LogP contribution in [-0.4, -0.2) is 89.1 Å². The quantitative estimate of drug-likeness (QED) is 0.181. The van der Waals surface area contributed by atoms with Crippen molar-refractivity contribution >= 4 is 12.0 Å². The molecular formula is C37H50N4O5. The van der Waals surface area contributed by atoms with E-state index in [0.29, 0.717) is 45.0 Å². The van der Waals surface area contributed by atoms with Gasteiger partial charge in [-0.3, -0.25) is 4.79 Å². The molecule has 1 unspecified atom stereocenters. The maximum Gasteiger partial charge on any atom is 0.410 e. The number of rotatable bonds is 10. The van der Waals surface area contributed by atoms with Crippen LogP contribution in [0, 0.1) is 0 Å². The highest BCUT2D eigenvalue weighted by atomic mass is 16.6. The van der Waals surface area contributed by atoms with E-state index in [2.05, 4.69) is 28.8 Å². The number of hydrogen-bond donors (Lipinski definition) is 0. The summed E-state index contributed by atoms with van der Waals surface area (Å²) in [7, 11) is 1.71. The van der Waals surface area contributed by atoms with Crippen LogP contribution in [0.1, 0.15) is 81.4 Å². The van der Waals surface area contributed by atoms with Crippen LogP contribution < -0.4 is 0 Å². The average molecular weight is 631 g/mol. The van der Waals surface area contributed by atoms with Gasteiger partial charge in [0.25, 0.3) is 5.91 Å². The molecule has 5 rings (SSSR count). The average Bonchev–Trinajstić information content (AvgIpc) is 3.35. The van der Waals surface area contributed by atoms with Crippen molar-refractivity contribution < 1.29 is 23.8 Å². The lowest BCUT2D eigenvalue weighted by atomic mass is 10.00. The summed E-state index contributed by atoms with van der Waals surface area (Å²) in [6.45, 7) is 8.10. The fraction of sp³-hybridized carbons (Fsp3) is 0.541. The predicted molar refractivity (Wildman–Crippen MR) is 179 cm³/mol. The van der Waals surface area contributed by atoms with Gasteiger partial charge in [-0.15, -0.1) is 0 Å². The van der Waals surface area contributed by atoms with E-state index in [1.54, 1.807) is 12.0 Å². The van der Waals surface area contributed by atoms with Crippen molar-refractivity contribution in [3.8, 4) is 11.3 Å². The minimum absolute atomic E-state index is 0.0298. The van der Waals surface area contributed by atoms with Crippen molar-refractivity contribution in [2.75, 3.05) is 40.0 Å². The maximum atomic E-state index is 14.7. The van der Waals surface area contributed by atoms with E-state index in [1.807, 2.05) is 68.4 Å². The van der Waals surface area contributed by atoms with Gasteiger partial charge in [0.05, 0.1) is 30.2 Å². The molecule has 1 saturated heterocycles. The number of benzene rings is 2. The van der Waals surface area contributed by atoms with Gasteiger partial charge in [-0.2, -0.15) is 0 Å². The molecule has 9 heteroatoms. The molecule has 2 fully saturated rings. The normalized spacial score (nSPS) is 20.7. The number of hydrogen-bond acceptors (Lipinski definition) is 6. The van der Waals surface area contributed by atoms with Crippen molar-refractivity contribution in [1.29, 1.82) is 0 Å². The Morgan fingerprint density at radius 3 is 2.35 bits per heavy atom. The van der Waals surface area contributed by atoms with Crippen LogP contribution in [0.4, 0.5) is 4.79 Å². The molecule has 0 spiro atoms. The lowest BCUT2D eigenvalue weighted by molar-refractivity contribution is 0.00357. The zero-order chi connectivity index (χ0) is 32.5. The number of methoxy groups -OCH3 is 1. The fourth-order valence-electron chi connectivity index (χ4n) is 6.67. The topological polar surface area (TPSA) is 86.1 Å². The molecule has 248 valence electrons. The Bertz CT molecular complexity index is 1400. The molecule has 1 aliphatic heterocycles. The molecule has 9 nitrogen and oxygen atoms in total. The Morgan fingerprint density at radius 1 is 0.913 bits per heavy atom. The van der Waals surface area contributed by atoms with Gasteiger partial charge in [-0.1, -0.05) is 79.9 Å². The zero-order valence-corrected chi connectivity index (χ0v) is 27.9. The van der Waals surface area contributed by atoms with E-state index < -0.39 is 5.60 Å². The number of amides is 2. The summed E-state index contributed by atoms with van der Waals surface area (Å²) >= 11 is 0. The second-order valence-corrected chi connectivity index (χ2v) is 13.4. The molecule has 1 aromatic heterocycles. The fourth-order valence-corrected chi connectivity index (χ4v) is 6.67. The highest BCUT2D eigenvalue weighted by molar-refractivity contribution is 5.98. The molecule has 1 saturated carbocycles. The minimum Gasteiger partial charge on any atom is -0.444 e. The SMILES string of the molecule is COCCCO[C@H]1CCCCCC1n1cnc(C(=O)N2CCN(C(=O)OC(C)(C)C)C[C@H]2Cc2ccccc2)c1-c1ccccc1. The second-order valence-electron chi connectivity index (χ2n) is 13.4. The molecule has 2 heterocycles. The number of nitrogens with zero attached hydrogens (tertiary/aromatic N) is 4. The molecular weight excluding hydrogens is 580 g/mol. The van der Waals surface area contributed by atoms with Crippen molar-refractivity contribution in [2.24, 2.45) is 0 Å². The van der Waals surface area contributed by atoms with Crippen LogP contribution in [0.5, 0.6) is 0 Å². The highest BCUT2D eigenvalue weighted by Crippen LogP contribution is 2.36. The first kappa shape index (κ1) is 33.7. The van der Waals surface area contributed by atoms with Gasteiger partial charge in [0.2, 0.25) is 0 Å². The summed E-state index contributed by atoms with van der Waals surface area (Å²) in [6.07, 6.45) is 8.31. The second kappa shape index (κ2) is 15.7. The number of aromatic nitrogens is 2.